The number of hydrogen-bond donors (Lipinski definition) is 2. The molecule has 1 heterocycles. The topological polar surface area (TPSA) is 59.6 Å². The summed E-state index contributed by atoms with van der Waals surface area (Å²) < 4.78 is 9.34. The summed E-state index contributed by atoms with van der Waals surface area (Å²) in [6.07, 6.45) is 3.14. The van der Waals surface area contributed by atoms with Gasteiger partial charge in [-0.3, -0.25) is 9.71 Å². The van der Waals surface area contributed by atoms with Crippen molar-refractivity contribution in [2.24, 2.45) is 10.7 Å². The molecule has 2 rings (SSSR count). The van der Waals surface area contributed by atoms with Crippen LogP contribution in [0.5, 0.6) is 5.75 Å². The van der Waals surface area contributed by atoms with Crippen molar-refractivity contribution < 1.29 is 4.74 Å². The minimum absolute atomic E-state index is 0.123. The van der Waals surface area contributed by atoms with Gasteiger partial charge in [-0.15, -0.1) is 0 Å². The van der Waals surface area contributed by atoms with Gasteiger partial charge < -0.3 is 10.5 Å². The van der Waals surface area contributed by atoms with Crippen LogP contribution in [0.3, 0.4) is 0 Å². The molecule has 0 fully saturated rings. The van der Waals surface area contributed by atoms with Crippen molar-refractivity contribution in [2.45, 2.75) is 99.0 Å². The van der Waals surface area contributed by atoms with Crippen LogP contribution >= 0.6 is 11.9 Å². The zero-order chi connectivity index (χ0) is 21.2. The predicted octanol–water partition coefficient (Wildman–Crippen LogP) is 6.09. The lowest BCUT2D eigenvalue weighted by atomic mass is 9.94. The van der Waals surface area contributed by atoms with Crippen molar-refractivity contribution in [1.29, 1.82) is 0 Å². The highest BCUT2D eigenvalue weighted by Gasteiger charge is 2.34. The molecule has 0 amide bonds. The van der Waals surface area contributed by atoms with Crippen LogP contribution in [0.2, 0.25) is 0 Å². The van der Waals surface area contributed by atoms with Crippen molar-refractivity contribution in [1.82, 2.24) is 4.72 Å². The van der Waals surface area contributed by atoms with Crippen LogP contribution in [-0.2, 0) is 6.42 Å². The molecule has 5 heteroatoms. The summed E-state index contributed by atoms with van der Waals surface area (Å²) in [5.41, 5.74) is 10.9. The van der Waals surface area contributed by atoms with Crippen LogP contribution in [0.4, 0.5) is 0 Å². The van der Waals surface area contributed by atoms with E-state index in [9.17, 15) is 0 Å². The monoisotopic (exact) mass is 395 g/mol. The third-order valence-electron chi connectivity index (χ3n) is 4.34. The third kappa shape index (κ3) is 6.95. The summed E-state index contributed by atoms with van der Waals surface area (Å²) in [5, 5.41) is 0. The number of aliphatic imine (C=N–C) groups is 1. The van der Waals surface area contributed by atoms with Crippen LogP contribution in [0.25, 0.3) is 0 Å². The lowest BCUT2D eigenvalue weighted by molar-refractivity contribution is 0.137. The fourth-order valence-electron chi connectivity index (χ4n) is 2.89. The van der Waals surface area contributed by atoms with Crippen molar-refractivity contribution in [3.8, 4) is 5.75 Å². The first kappa shape index (κ1) is 25.6. The Bertz CT molecular complexity index is 625. The normalized spacial score (nSPS) is 14.2. The van der Waals surface area contributed by atoms with E-state index in [0.29, 0.717) is 5.96 Å². The van der Waals surface area contributed by atoms with Crippen molar-refractivity contribution in [3.05, 3.63) is 22.3 Å². The molecule has 0 saturated heterocycles. The molecular formula is C22H41N3OS. The summed E-state index contributed by atoms with van der Waals surface area (Å²) in [4.78, 5) is 5.58. The second-order valence-corrected chi connectivity index (χ2v) is 7.69. The molecule has 0 aromatic heterocycles. The maximum absolute atomic E-state index is 6.15. The van der Waals surface area contributed by atoms with Crippen LogP contribution in [0.1, 0.15) is 83.6 Å². The lowest BCUT2D eigenvalue weighted by Crippen LogP contribution is -2.26. The molecule has 0 atom stereocenters. The van der Waals surface area contributed by atoms with E-state index in [1.54, 1.807) is 11.9 Å². The molecule has 1 aliphatic rings. The van der Waals surface area contributed by atoms with Crippen molar-refractivity contribution in [2.75, 3.05) is 6.54 Å². The van der Waals surface area contributed by atoms with Crippen LogP contribution in [-0.4, -0.2) is 18.1 Å². The number of benzene rings is 1. The largest absolute Gasteiger partial charge is 0.487 e. The van der Waals surface area contributed by atoms with Crippen LogP contribution < -0.4 is 15.2 Å². The van der Waals surface area contributed by atoms with E-state index in [2.05, 4.69) is 51.3 Å². The summed E-state index contributed by atoms with van der Waals surface area (Å²) in [6, 6.07) is 0. The van der Waals surface area contributed by atoms with Gasteiger partial charge in [-0.05, 0) is 69.7 Å². The molecule has 1 aromatic carbocycles. The Hall–Kier alpha value is -1.36. The minimum Gasteiger partial charge on any atom is -0.487 e. The van der Waals surface area contributed by atoms with E-state index in [0.717, 1.165) is 31.6 Å². The molecule has 0 bridgehead atoms. The molecule has 156 valence electrons. The molecule has 3 N–H and O–H groups in total. The van der Waals surface area contributed by atoms with Gasteiger partial charge in [-0.2, -0.15) is 0 Å². The first-order chi connectivity index (χ1) is 12.8. The SMILES string of the molecule is CC.CC.CCCCN=C(N)NSc1c(C)c(C)c2c(c1C)CC(C)(C)O2. The zero-order valence-corrected chi connectivity index (χ0v) is 20.0. The number of guanidine groups is 1. The lowest BCUT2D eigenvalue weighted by Gasteiger charge is -2.19. The third-order valence-corrected chi connectivity index (χ3v) is 5.47. The molecule has 0 aliphatic carbocycles. The average Bonchev–Trinajstić information content (AvgIpc) is 2.99. The second kappa shape index (κ2) is 12.2. The van der Waals surface area contributed by atoms with E-state index in [1.807, 2.05) is 27.7 Å². The van der Waals surface area contributed by atoms with Gasteiger partial charge >= 0.3 is 0 Å². The molecule has 0 saturated carbocycles. The highest BCUT2D eigenvalue weighted by Crippen LogP contribution is 2.44. The maximum atomic E-state index is 6.15. The van der Waals surface area contributed by atoms with Crippen molar-refractivity contribution >= 4 is 17.9 Å². The molecule has 0 unspecified atom stereocenters. The summed E-state index contributed by atoms with van der Waals surface area (Å²) >= 11 is 1.56. The molecule has 0 spiro atoms. The average molecular weight is 396 g/mol. The van der Waals surface area contributed by atoms with Gasteiger partial charge in [-0.25, -0.2) is 0 Å². The zero-order valence-electron chi connectivity index (χ0n) is 19.2. The standard InChI is InChI=1S/C18H29N3OS.2C2H6/c1-7-8-9-20-17(19)21-23-16-12(3)11(2)15-14(13(16)4)10-18(5,6)22-15;2*1-2/h7-10H2,1-6H3,(H3,19,20,21);2*1-2H3. The van der Waals surface area contributed by atoms with Crippen LogP contribution in [0, 0.1) is 20.8 Å². The Morgan fingerprint density at radius 2 is 1.70 bits per heavy atom. The van der Waals surface area contributed by atoms with Gasteiger partial charge in [-0.1, -0.05) is 41.0 Å². The molecular weight excluding hydrogens is 354 g/mol. The number of nitrogens with zero attached hydrogens (tertiary/aromatic N) is 1. The Morgan fingerprint density at radius 3 is 2.26 bits per heavy atom. The van der Waals surface area contributed by atoms with Gasteiger partial charge in [0, 0.05) is 23.4 Å². The Labute approximate surface area is 171 Å². The number of hydrogen-bond acceptors (Lipinski definition) is 3. The molecule has 1 aliphatic heterocycles. The number of unbranched alkanes of at least 4 members (excludes halogenated alkanes) is 1. The highest BCUT2D eigenvalue weighted by molar-refractivity contribution is 7.98. The second-order valence-electron chi connectivity index (χ2n) is 6.87. The number of rotatable bonds is 5. The van der Waals surface area contributed by atoms with Gasteiger partial charge in [0.05, 0.1) is 0 Å². The smallest absolute Gasteiger partial charge is 0.199 e. The fraction of sp³-hybridized carbons (Fsp3) is 0.682. The van der Waals surface area contributed by atoms with E-state index >= 15 is 0 Å². The Morgan fingerprint density at radius 1 is 1.11 bits per heavy atom. The maximum Gasteiger partial charge on any atom is 0.199 e. The number of ether oxygens (including phenoxy) is 1. The van der Waals surface area contributed by atoms with E-state index in [4.69, 9.17) is 10.5 Å². The first-order valence-corrected chi connectivity index (χ1v) is 11.1. The quantitative estimate of drug-likeness (QED) is 0.274. The van der Waals surface area contributed by atoms with E-state index in [-0.39, 0.29) is 5.60 Å². The number of fused-ring (bicyclic) bond motifs is 1. The van der Waals surface area contributed by atoms with E-state index in [1.165, 1.54) is 27.1 Å². The fourth-order valence-corrected chi connectivity index (χ4v) is 3.74. The number of nitrogens with one attached hydrogen (secondary N) is 1. The minimum atomic E-state index is -0.123. The Kier molecular flexibility index (Phi) is 11.6. The summed E-state index contributed by atoms with van der Waals surface area (Å²) in [7, 11) is 0. The van der Waals surface area contributed by atoms with E-state index < -0.39 is 0 Å². The molecule has 0 radical (unpaired) electrons. The highest BCUT2D eigenvalue weighted by atomic mass is 32.2. The van der Waals surface area contributed by atoms with Gasteiger partial charge in [0.1, 0.15) is 11.4 Å². The van der Waals surface area contributed by atoms with Gasteiger partial charge in [0.15, 0.2) is 5.96 Å². The van der Waals surface area contributed by atoms with Crippen molar-refractivity contribution in [3.63, 3.8) is 0 Å². The van der Waals surface area contributed by atoms with Crippen LogP contribution in [0.15, 0.2) is 9.89 Å². The van der Waals surface area contributed by atoms with Gasteiger partial charge in [0.2, 0.25) is 0 Å². The first-order valence-electron chi connectivity index (χ1n) is 10.3. The van der Waals surface area contributed by atoms with Gasteiger partial charge in [0.25, 0.3) is 0 Å². The summed E-state index contributed by atoms with van der Waals surface area (Å²) in [6.45, 7) is 21.7. The number of nitrogens with two attached hydrogens (primary N) is 1. The predicted molar refractivity (Wildman–Crippen MR) is 122 cm³/mol. The molecule has 27 heavy (non-hydrogen) atoms. The molecule has 4 nitrogen and oxygen atoms in total. The summed E-state index contributed by atoms with van der Waals surface area (Å²) in [5.74, 6) is 1.57. The molecule has 1 aromatic rings. The Balaban J connectivity index is 0.00000158.